The summed E-state index contributed by atoms with van der Waals surface area (Å²) in [6.45, 7) is 1.79. The summed E-state index contributed by atoms with van der Waals surface area (Å²) in [6.07, 6.45) is 3.06. The first-order valence-corrected chi connectivity index (χ1v) is 6.81. The van der Waals surface area contributed by atoms with Crippen LogP contribution in [0.15, 0.2) is 60.9 Å². The van der Waals surface area contributed by atoms with Gasteiger partial charge in [0, 0.05) is 6.20 Å². The molecule has 22 heavy (non-hydrogen) atoms. The Balaban J connectivity index is 1.80. The molecule has 0 radical (unpaired) electrons. The molecule has 1 amide bonds. The number of nitrogens with zero attached hydrogens (tertiary/aromatic N) is 2. The monoisotopic (exact) mass is 295 g/mol. The number of benzene rings is 2. The van der Waals surface area contributed by atoms with Gasteiger partial charge in [0.1, 0.15) is 5.82 Å². The van der Waals surface area contributed by atoms with Gasteiger partial charge < -0.3 is 5.32 Å². The van der Waals surface area contributed by atoms with E-state index in [1.54, 1.807) is 29.9 Å². The fraction of sp³-hybridized carbons (Fsp3) is 0.0588. The number of carbonyl (C=O) groups is 1. The zero-order valence-electron chi connectivity index (χ0n) is 12.0. The standard InChI is InChI=1S/C17H14FN3O/c1-12-7-8-16(15(18)9-12)20-17(22)13-10-19-21(11-13)14-5-3-2-4-6-14/h2-11H,1H3,(H,20,22). The maximum atomic E-state index is 13.8. The Morgan fingerprint density at radius 1 is 1.18 bits per heavy atom. The third kappa shape index (κ3) is 2.88. The van der Waals surface area contributed by atoms with E-state index in [0.717, 1.165) is 11.3 Å². The van der Waals surface area contributed by atoms with Gasteiger partial charge >= 0.3 is 0 Å². The highest BCUT2D eigenvalue weighted by atomic mass is 19.1. The van der Waals surface area contributed by atoms with Crippen LogP contribution in [0.25, 0.3) is 5.69 Å². The van der Waals surface area contributed by atoms with Gasteiger partial charge in [-0.1, -0.05) is 24.3 Å². The lowest BCUT2D eigenvalue weighted by atomic mass is 10.2. The molecule has 3 aromatic rings. The minimum atomic E-state index is -0.455. The van der Waals surface area contributed by atoms with Crippen LogP contribution in [-0.2, 0) is 0 Å². The summed E-state index contributed by atoms with van der Waals surface area (Å²) in [6, 6.07) is 14.1. The van der Waals surface area contributed by atoms with Crippen LogP contribution in [0, 0.1) is 12.7 Å². The number of aromatic nitrogens is 2. The van der Waals surface area contributed by atoms with E-state index in [-0.39, 0.29) is 5.69 Å². The van der Waals surface area contributed by atoms with Crippen molar-refractivity contribution >= 4 is 11.6 Å². The molecule has 3 rings (SSSR count). The molecular weight excluding hydrogens is 281 g/mol. The second-order valence-corrected chi connectivity index (χ2v) is 4.95. The largest absolute Gasteiger partial charge is 0.319 e. The molecule has 2 aromatic carbocycles. The van der Waals surface area contributed by atoms with E-state index in [1.165, 1.54) is 12.3 Å². The van der Waals surface area contributed by atoms with Gasteiger partial charge in [-0.05, 0) is 36.8 Å². The van der Waals surface area contributed by atoms with Crippen LogP contribution >= 0.6 is 0 Å². The summed E-state index contributed by atoms with van der Waals surface area (Å²) < 4.78 is 15.4. The lowest BCUT2D eigenvalue weighted by Crippen LogP contribution is -2.12. The van der Waals surface area contributed by atoms with Gasteiger partial charge in [0.05, 0.1) is 23.1 Å². The molecule has 1 N–H and O–H groups in total. The SMILES string of the molecule is Cc1ccc(NC(=O)c2cnn(-c3ccccc3)c2)c(F)c1. The number of nitrogens with one attached hydrogen (secondary N) is 1. The van der Waals surface area contributed by atoms with E-state index < -0.39 is 11.7 Å². The van der Waals surface area contributed by atoms with Crippen LogP contribution in [0.4, 0.5) is 10.1 Å². The number of hydrogen-bond donors (Lipinski definition) is 1. The first kappa shape index (κ1) is 14.0. The molecule has 110 valence electrons. The molecule has 4 nitrogen and oxygen atoms in total. The van der Waals surface area contributed by atoms with Crippen LogP contribution in [0.2, 0.25) is 0 Å². The van der Waals surface area contributed by atoms with Crippen molar-refractivity contribution in [3.05, 3.63) is 77.9 Å². The predicted molar refractivity (Wildman–Crippen MR) is 82.7 cm³/mol. The molecule has 0 aliphatic carbocycles. The van der Waals surface area contributed by atoms with Gasteiger partial charge in [-0.2, -0.15) is 5.10 Å². The van der Waals surface area contributed by atoms with Crippen molar-refractivity contribution in [1.29, 1.82) is 0 Å². The lowest BCUT2D eigenvalue weighted by Gasteiger charge is -2.05. The molecule has 0 bridgehead atoms. The number of aryl methyl sites for hydroxylation is 1. The van der Waals surface area contributed by atoms with Crippen molar-refractivity contribution in [3.63, 3.8) is 0 Å². The van der Waals surface area contributed by atoms with Crippen molar-refractivity contribution in [2.45, 2.75) is 6.92 Å². The van der Waals surface area contributed by atoms with Gasteiger partial charge in [-0.25, -0.2) is 9.07 Å². The average Bonchev–Trinajstić information content (AvgIpc) is 3.01. The van der Waals surface area contributed by atoms with Crippen molar-refractivity contribution in [3.8, 4) is 5.69 Å². The summed E-state index contributed by atoms with van der Waals surface area (Å²) in [4.78, 5) is 12.2. The Morgan fingerprint density at radius 2 is 1.95 bits per heavy atom. The number of amides is 1. The first-order chi connectivity index (χ1) is 10.6. The van der Waals surface area contributed by atoms with E-state index >= 15 is 0 Å². The molecule has 1 heterocycles. The number of rotatable bonds is 3. The maximum Gasteiger partial charge on any atom is 0.258 e. The van der Waals surface area contributed by atoms with Crippen molar-refractivity contribution in [1.82, 2.24) is 9.78 Å². The zero-order chi connectivity index (χ0) is 15.5. The molecule has 0 spiro atoms. The number of para-hydroxylation sites is 1. The predicted octanol–water partition coefficient (Wildman–Crippen LogP) is 3.57. The summed E-state index contributed by atoms with van der Waals surface area (Å²) in [5.41, 5.74) is 2.17. The molecule has 5 heteroatoms. The lowest BCUT2D eigenvalue weighted by molar-refractivity contribution is 0.102. The Bertz CT molecular complexity index is 812. The molecule has 0 fully saturated rings. The average molecular weight is 295 g/mol. The molecule has 0 saturated heterocycles. The summed E-state index contributed by atoms with van der Waals surface area (Å²) in [5.74, 6) is -0.853. The highest BCUT2D eigenvalue weighted by Crippen LogP contribution is 2.16. The zero-order valence-corrected chi connectivity index (χ0v) is 12.0. The van der Waals surface area contributed by atoms with E-state index in [9.17, 15) is 9.18 Å². The van der Waals surface area contributed by atoms with Crippen LogP contribution < -0.4 is 5.32 Å². The van der Waals surface area contributed by atoms with Crippen molar-refractivity contribution in [2.75, 3.05) is 5.32 Å². The van der Waals surface area contributed by atoms with Crippen molar-refractivity contribution < 1.29 is 9.18 Å². The van der Waals surface area contributed by atoms with Crippen LogP contribution in [0.5, 0.6) is 0 Å². The Hall–Kier alpha value is -2.95. The van der Waals surface area contributed by atoms with E-state index in [2.05, 4.69) is 10.4 Å². The highest BCUT2D eigenvalue weighted by molar-refractivity contribution is 6.04. The molecule has 0 aliphatic heterocycles. The number of anilines is 1. The Labute approximate surface area is 127 Å². The summed E-state index contributed by atoms with van der Waals surface area (Å²) in [5, 5.41) is 6.70. The van der Waals surface area contributed by atoms with Crippen molar-refractivity contribution in [2.24, 2.45) is 0 Å². The highest BCUT2D eigenvalue weighted by Gasteiger charge is 2.12. The molecule has 0 saturated carbocycles. The number of halogens is 1. The fourth-order valence-electron chi connectivity index (χ4n) is 2.08. The van der Waals surface area contributed by atoms with Crippen LogP contribution in [0.3, 0.4) is 0 Å². The summed E-state index contributed by atoms with van der Waals surface area (Å²) in [7, 11) is 0. The van der Waals surface area contributed by atoms with E-state index in [1.807, 2.05) is 30.3 Å². The van der Waals surface area contributed by atoms with Gasteiger partial charge in [-0.3, -0.25) is 4.79 Å². The molecule has 0 aliphatic rings. The fourth-order valence-corrected chi connectivity index (χ4v) is 2.08. The molecule has 0 atom stereocenters. The van der Waals surface area contributed by atoms with Crippen LogP contribution in [-0.4, -0.2) is 15.7 Å². The molecular formula is C17H14FN3O. The van der Waals surface area contributed by atoms with E-state index in [0.29, 0.717) is 5.56 Å². The quantitative estimate of drug-likeness (QED) is 0.803. The third-order valence-corrected chi connectivity index (χ3v) is 3.24. The molecule has 0 unspecified atom stereocenters. The maximum absolute atomic E-state index is 13.8. The van der Waals surface area contributed by atoms with Gasteiger partial charge in [0.15, 0.2) is 0 Å². The second kappa shape index (κ2) is 5.81. The van der Waals surface area contributed by atoms with Crippen LogP contribution in [0.1, 0.15) is 15.9 Å². The summed E-state index contributed by atoms with van der Waals surface area (Å²) >= 11 is 0. The van der Waals surface area contributed by atoms with E-state index in [4.69, 9.17) is 0 Å². The Morgan fingerprint density at radius 3 is 2.68 bits per heavy atom. The minimum Gasteiger partial charge on any atom is -0.319 e. The minimum absolute atomic E-state index is 0.156. The smallest absolute Gasteiger partial charge is 0.258 e. The van der Waals surface area contributed by atoms with Gasteiger partial charge in [-0.15, -0.1) is 0 Å². The Kier molecular flexibility index (Phi) is 3.70. The molecule has 1 aromatic heterocycles. The van der Waals surface area contributed by atoms with Gasteiger partial charge in [0.25, 0.3) is 5.91 Å². The van der Waals surface area contributed by atoms with Gasteiger partial charge in [0.2, 0.25) is 0 Å². The third-order valence-electron chi connectivity index (χ3n) is 3.24. The second-order valence-electron chi connectivity index (χ2n) is 4.95. The number of carbonyl (C=O) groups excluding carboxylic acids is 1. The first-order valence-electron chi connectivity index (χ1n) is 6.81. The normalized spacial score (nSPS) is 10.5. The number of hydrogen-bond acceptors (Lipinski definition) is 2. The topological polar surface area (TPSA) is 46.9 Å².